The SMILES string of the molecule is CCOc1cc(/C=C2/C(=N)N3N=C(S(=O)(=O)CC)SC3=NC2=O)cc(Cl)c1OCc1ccccc1. The van der Waals surface area contributed by atoms with Crippen LogP contribution in [0.25, 0.3) is 6.08 Å². The predicted octanol–water partition coefficient (Wildman–Crippen LogP) is 4.33. The number of carbonyl (C=O) groups excluding carboxylic acids is 1. The number of nitrogens with one attached hydrogen (secondary N) is 1. The molecule has 0 atom stereocenters. The van der Waals surface area contributed by atoms with Gasteiger partial charge in [0.1, 0.15) is 6.61 Å². The Bertz CT molecular complexity index is 1390. The lowest BCUT2D eigenvalue weighted by Gasteiger charge is -2.20. The quantitative estimate of drug-likeness (QED) is 0.527. The molecule has 182 valence electrons. The molecule has 0 fully saturated rings. The van der Waals surface area contributed by atoms with E-state index in [1.54, 1.807) is 12.1 Å². The molecule has 0 radical (unpaired) electrons. The molecule has 2 heterocycles. The average Bonchev–Trinajstić information content (AvgIpc) is 3.27. The van der Waals surface area contributed by atoms with Gasteiger partial charge in [-0.3, -0.25) is 10.2 Å². The van der Waals surface area contributed by atoms with Crippen LogP contribution in [0.3, 0.4) is 0 Å². The summed E-state index contributed by atoms with van der Waals surface area (Å²) in [5.74, 6) is -0.376. The lowest BCUT2D eigenvalue weighted by atomic mass is 10.1. The minimum Gasteiger partial charge on any atom is -0.490 e. The molecule has 0 saturated heterocycles. The van der Waals surface area contributed by atoms with Crippen molar-refractivity contribution < 1.29 is 22.7 Å². The topological polar surface area (TPSA) is 121 Å². The second-order valence-electron chi connectivity index (χ2n) is 7.33. The fraction of sp³-hybridized carbons (Fsp3) is 0.217. The molecule has 0 spiro atoms. The largest absolute Gasteiger partial charge is 0.490 e. The molecular formula is C23H21ClN4O5S2. The van der Waals surface area contributed by atoms with E-state index in [9.17, 15) is 13.2 Å². The van der Waals surface area contributed by atoms with E-state index in [0.717, 1.165) is 22.3 Å². The number of hydrogen-bond acceptors (Lipinski definition) is 8. The van der Waals surface area contributed by atoms with Gasteiger partial charge in [0.25, 0.3) is 5.91 Å². The van der Waals surface area contributed by atoms with Crippen molar-refractivity contribution in [2.24, 2.45) is 10.1 Å². The maximum absolute atomic E-state index is 12.7. The molecule has 12 heteroatoms. The Balaban J connectivity index is 1.65. The van der Waals surface area contributed by atoms with Crippen molar-refractivity contribution in [2.45, 2.75) is 20.5 Å². The summed E-state index contributed by atoms with van der Waals surface area (Å²) < 4.78 is 35.8. The Morgan fingerprint density at radius 2 is 1.91 bits per heavy atom. The number of amides is 1. The van der Waals surface area contributed by atoms with Crippen LogP contribution in [0, 0.1) is 5.41 Å². The zero-order valence-electron chi connectivity index (χ0n) is 18.8. The maximum Gasteiger partial charge on any atom is 0.283 e. The minimum absolute atomic E-state index is 0.0295. The molecule has 1 amide bonds. The third kappa shape index (κ3) is 5.26. The summed E-state index contributed by atoms with van der Waals surface area (Å²) >= 11 is 7.25. The smallest absolute Gasteiger partial charge is 0.283 e. The number of aliphatic imine (C=N–C) groups is 1. The van der Waals surface area contributed by atoms with E-state index >= 15 is 0 Å². The number of carbonyl (C=O) groups is 1. The van der Waals surface area contributed by atoms with Gasteiger partial charge in [0.2, 0.25) is 19.4 Å². The normalized spacial score (nSPS) is 16.8. The van der Waals surface area contributed by atoms with Crippen molar-refractivity contribution in [3.8, 4) is 11.5 Å². The first-order chi connectivity index (χ1) is 16.7. The van der Waals surface area contributed by atoms with Gasteiger partial charge in [-0.05, 0) is 48.0 Å². The summed E-state index contributed by atoms with van der Waals surface area (Å²) in [4.78, 5) is 16.6. The Morgan fingerprint density at radius 3 is 2.60 bits per heavy atom. The van der Waals surface area contributed by atoms with E-state index in [2.05, 4.69) is 10.1 Å². The highest BCUT2D eigenvalue weighted by atomic mass is 35.5. The van der Waals surface area contributed by atoms with Gasteiger partial charge < -0.3 is 9.47 Å². The number of thioether (sulfide) groups is 1. The molecule has 9 nitrogen and oxygen atoms in total. The van der Waals surface area contributed by atoms with Crippen molar-refractivity contribution in [1.29, 1.82) is 5.41 Å². The molecule has 1 N–H and O–H groups in total. The third-order valence-electron chi connectivity index (χ3n) is 4.95. The van der Waals surface area contributed by atoms with Gasteiger partial charge in [0.15, 0.2) is 17.3 Å². The molecule has 2 aliphatic heterocycles. The number of rotatable bonds is 7. The molecule has 0 unspecified atom stereocenters. The molecule has 0 saturated carbocycles. The highest BCUT2D eigenvalue weighted by Crippen LogP contribution is 2.38. The number of benzene rings is 2. The van der Waals surface area contributed by atoms with E-state index < -0.39 is 15.7 Å². The van der Waals surface area contributed by atoms with Crippen LogP contribution < -0.4 is 9.47 Å². The van der Waals surface area contributed by atoms with Gasteiger partial charge in [0.05, 0.1) is 23.0 Å². The molecule has 0 aromatic heterocycles. The number of nitrogens with zero attached hydrogens (tertiary/aromatic N) is 3. The van der Waals surface area contributed by atoms with E-state index in [1.165, 1.54) is 13.0 Å². The van der Waals surface area contributed by atoms with Crippen LogP contribution in [-0.2, 0) is 21.2 Å². The molecule has 0 aliphatic carbocycles. The number of amidine groups is 2. The van der Waals surface area contributed by atoms with E-state index in [-0.39, 0.29) is 38.3 Å². The van der Waals surface area contributed by atoms with Gasteiger partial charge in [0, 0.05) is 0 Å². The fourth-order valence-electron chi connectivity index (χ4n) is 3.19. The van der Waals surface area contributed by atoms with Crippen molar-refractivity contribution in [3.05, 3.63) is 64.2 Å². The van der Waals surface area contributed by atoms with Crippen LogP contribution in [0.5, 0.6) is 11.5 Å². The van der Waals surface area contributed by atoms with Crippen molar-refractivity contribution in [2.75, 3.05) is 12.4 Å². The van der Waals surface area contributed by atoms with E-state index in [1.807, 2.05) is 37.3 Å². The minimum atomic E-state index is -3.61. The van der Waals surface area contributed by atoms with Gasteiger partial charge in [-0.25, -0.2) is 8.42 Å². The Morgan fingerprint density at radius 1 is 1.17 bits per heavy atom. The summed E-state index contributed by atoms with van der Waals surface area (Å²) in [6, 6.07) is 12.8. The molecule has 4 rings (SSSR count). The van der Waals surface area contributed by atoms with Crippen LogP contribution in [0.4, 0.5) is 0 Å². The molecule has 2 aromatic rings. The number of hydrogen-bond donors (Lipinski definition) is 1. The second-order valence-corrected chi connectivity index (χ2v) is 11.1. The predicted molar refractivity (Wildman–Crippen MR) is 138 cm³/mol. The summed E-state index contributed by atoms with van der Waals surface area (Å²) in [5.41, 5.74) is 1.37. The summed E-state index contributed by atoms with van der Waals surface area (Å²) in [5, 5.41) is 13.8. The Labute approximate surface area is 211 Å². The first-order valence-corrected chi connectivity index (χ1v) is 13.4. The van der Waals surface area contributed by atoms with Crippen LogP contribution in [0.15, 0.2) is 58.1 Å². The summed E-state index contributed by atoms with van der Waals surface area (Å²) in [7, 11) is -3.61. The Kier molecular flexibility index (Phi) is 7.29. The fourth-order valence-corrected chi connectivity index (χ4v) is 5.63. The standard InChI is InChI=1S/C23H21ClN4O5S2/c1-3-32-18-12-15(11-17(24)19(18)33-13-14-8-6-5-7-9-14)10-16-20(25)28-22(26-21(16)29)34-23(27-28)35(30,31)4-2/h5-12,25H,3-4,13H2,1-2H3/b16-10-,25-20?. The zero-order valence-corrected chi connectivity index (χ0v) is 21.2. The average molecular weight is 533 g/mol. The van der Waals surface area contributed by atoms with Crippen LogP contribution in [0.2, 0.25) is 5.02 Å². The van der Waals surface area contributed by atoms with Crippen molar-refractivity contribution >= 4 is 60.6 Å². The number of fused-ring (bicyclic) bond motifs is 1. The maximum atomic E-state index is 12.7. The van der Waals surface area contributed by atoms with Gasteiger partial charge in [-0.1, -0.05) is 48.9 Å². The number of halogens is 1. The monoisotopic (exact) mass is 532 g/mol. The summed E-state index contributed by atoms with van der Waals surface area (Å²) in [6.45, 7) is 3.96. The molecule has 2 aliphatic rings. The first kappa shape index (κ1) is 25.0. The summed E-state index contributed by atoms with van der Waals surface area (Å²) in [6.07, 6.45) is 1.44. The van der Waals surface area contributed by atoms with E-state index in [4.69, 9.17) is 26.5 Å². The number of ether oxygens (including phenoxy) is 2. The number of sulfone groups is 1. The highest BCUT2D eigenvalue weighted by Gasteiger charge is 2.39. The van der Waals surface area contributed by atoms with Gasteiger partial charge in [-0.15, -0.1) is 5.10 Å². The van der Waals surface area contributed by atoms with Gasteiger partial charge in [-0.2, -0.15) is 10.0 Å². The van der Waals surface area contributed by atoms with Crippen LogP contribution in [0.1, 0.15) is 25.0 Å². The zero-order chi connectivity index (χ0) is 25.2. The van der Waals surface area contributed by atoms with Crippen molar-refractivity contribution in [3.63, 3.8) is 0 Å². The molecule has 2 aromatic carbocycles. The molecular weight excluding hydrogens is 512 g/mol. The lowest BCUT2D eigenvalue weighted by Crippen LogP contribution is -2.35. The molecule has 0 bridgehead atoms. The molecule has 35 heavy (non-hydrogen) atoms. The lowest BCUT2D eigenvalue weighted by molar-refractivity contribution is -0.114. The highest BCUT2D eigenvalue weighted by molar-refractivity contribution is 8.42. The van der Waals surface area contributed by atoms with E-state index in [0.29, 0.717) is 23.7 Å². The van der Waals surface area contributed by atoms with Gasteiger partial charge >= 0.3 is 0 Å². The third-order valence-corrected chi connectivity index (χ3v) is 8.32. The van der Waals surface area contributed by atoms with Crippen LogP contribution >= 0.6 is 23.4 Å². The van der Waals surface area contributed by atoms with Crippen molar-refractivity contribution in [1.82, 2.24) is 5.01 Å². The number of hydrazone groups is 1. The second kappa shape index (κ2) is 10.2. The first-order valence-electron chi connectivity index (χ1n) is 10.6. The Hall–Kier alpha value is -3.15. The van der Waals surface area contributed by atoms with Crippen LogP contribution in [-0.4, -0.2) is 47.1 Å².